The number of hydrogen-bond acceptors (Lipinski definition) is 2. The van der Waals surface area contributed by atoms with Crippen LogP contribution in [0.15, 0.2) is 36.4 Å². The molecule has 1 heterocycles. The SMILES string of the molecule is Cc1ccc(C(CNC2CC2)Cc2ccc(Cl)s2)cc1. The fourth-order valence-corrected chi connectivity index (χ4v) is 3.61. The smallest absolute Gasteiger partial charge is 0.0931 e. The van der Waals surface area contributed by atoms with Crippen molar-refractivity contribution in [2.24, 2.45) is 0 Å². The van der Waals surface area contributed by atoms with Crippen molar-refractivity contribution in [3.63, 3.8) is 0 Å². The van der Waals surface area contributed by atoms with Gasteiger partial charge in [-0.2, -0.15) is 0 Å². The van der Waals surface area contributed by atoms with Crippen molar-refractivity contribution < 1.29 is 0 Å². The summed E-state index contributed by atoms with van der Waals surface area (Å²) >= 11 is 7.75. The van der Waals surface area contributed by atoms with Gasteiger partial charge in [0.2, 0.25) is 0 Å². The summed E-state index contributed by atoms with van der Waals surface area (Å²) in [6, 6.07) is 13.9. The van der Waals surface area contributed by atoms with Gasteiger partial charge in [-0.1, -0.05) is 41.4 Å². The minimum Gasteiger partial charge on any atom is -0.313 e. The molecule has 1 saturated carbocycles. The summed E-state index contributed by atoms with van der Waals surface area (Å²) in [5.74, 6) is 0.533. The molecule has 3 rings (SSSR count). The Labute approximate surface area is 130 Å². The monoisotopic (exact) mass is 305 g/mol. The van der Waals surface area contributed by atoms with Gasteiger partial charge in [-0.25, -0.2) is 0 Å². The Morgan fingerprint density at radius 3 is 2.55 bits per heavy atom. The molecular formula is C17H20ClNS. The number of aryl methyl sites for hydroxylation is 1. The molecule has 106 valence electrons. The Bertz CT molecular complexity index is 557. The summed E-state index contributed by atoms with van der Waals surface area (Å²) in [6.07, 6.45) is 3.75. The van der Waals surface area contributed by atoms with E-state index >= 15 is 0 Å². The lowest BCUT2D eigenvalue weighted by molar-refractivity contribution is 0.580. The van der Waals surface area contributed by atoms with Crippen molar-refractivity contribution in [2.75, 3.05) is 6.54 Å². The quantitative estimate of drug-likeness (QED) is 0.809. The number of thiophene rings is 1. The van der Waals surface area contributed by atoms with E-state index in [1.165, 1.54) is 28.8 Å². The van der Waals surface area contributed by atoms with Crippen LogP contribution in [-0.4, -0.2) is 12.6 Å². The van der Waals surface area contributed by atoms with Crippen molar-refractivity contribution in [1.29, 1.82) is 0 Å². The molecule has 2 aromatic rings. The van der Waals surface area contributed by atoms with Gasteiger partial charge in [-0.3, -0.25) is 0 Å². The normalized spacial score (nSPS) is 16.3. The third-order valence-corrected chi connectivity index (χ3v) is 5.11. The summed E-state index contributed by atoms with van der Waals surface area (Å²) in [7, 11) is 0. The zero-order chi connectivity index (χ0) is 13.9. The molecule has 1 N–H and O–H groups in total. The lowest BCUT2D eigenvalue weighted by atomic mass is 9.94. The molecule has 1 nitrogen and oxygen atoms in total. The second kappa shape index (κ2) is 6.30. The maximum Gasteiger partial charge on any atom is 0.0931 e. The number of halogens is 1. The second-order valence-electron chi connectivity index (χ2n) is 5.70. The Morgan fingerprint density at radius 1 is 1.20 bits per heavy atom. The standard InChI is InChI=1S/C17H20ClNS/c1-12-2-4-13(5-3-12)14(11-19-15-6-7-15)10-16-8-9-17(18)20-16/h2-5,8-9,14-15,19H,6-7,10-11H2,1H3. The number of benzene rings is 1. The fraction of sp³-hybridized carbons (Fsp3) is 0.412. The number of hydrogen-bond donors (Lipinski definition) is 1. The van der Waals surface area contributed by atoms with Crippen LogP contribution < -0.4 is 5.32 Å². The largest absolute Gasteiger partial charge is 0.313 e. The van der Waals surface area contributed by atoms with Crippen LogP contribution in [0.5, 0.6) is 0 Å². The molecule has 1 aliphatic rings. The Hall–Kier alpha value is -0.830. The van der Waals surface area contributed by atoms with E-state index in [0.29, 0.717) is 5.92 Å². The predicted molar refractivity (Wildman–Crippen MR) is 88.0 cm³/mol. The second-order valence-corrected chi connectivity index (χ2v) is 7.50. The van der Waals surface area contributed by atoms with Crippen LogP contribution in [0.3, 0.4) is 0 Å². The molecule has 0 radical (unpaired) electrons. The van der Waals surface area contributed by atoms with Gasteiger partial charge in [-0.05, 0) is 43.9 Å². The van der Waals surface area contributed by atoms with Crippen LogP contribution in [0.1, 0.15) is 34.8 Å². The van der Waals surface area contributed by atoms with Crippen molar-refractivity contribution in [1.82, 2.24) is 5.32 Å². The molecule has 20 heavy (non-hydrogen) atoms. The van der Waals surface area contributed by atoms with E-state index in [9.17, 15) is 0 Å². The summed E-state index contributed by atoms with van der Waals surface area (Å²) < 4.78 is 0.887. The fourth-order valence-electron chi connectivity index (χ4n) is 2.45. The maximum atomic E-state index is 6.05. The molecule has 0 amide bonds. The van der Waals surface area contributed by atoms with Gasteiger partial charge in [0.15, 0.2) is 0 Å². The van der Waals surface area contributed by atoms with Gasteiger partial charge in [0, 0.05) is 23.4 Å². The summed E-state index contributed by atoms with van der Waals surface area (Å²) in [5, 5.41) is 3.67. The molecule has 3 heteroatoms. The van der Waals surface area contributed by atoms with Gasteiger partial charge in [0.1, 0.15) is 0 Å². The minimum atomic E-state index is 0.533. The molecular weight excluding hydrogens is 286 g/mol. The van der Waals surface area contributed by atoms with E-state index in [0.717, 1.165) is 23.3 Å². The molecule has 1 aromatic carbocycles. The predicted octanol–water partition coefficient (Wildman–Crippen LogP) is 4.79. The molecule has 1 fully saturated rings. The molecule has 1 atom stereocenters. The summed E-state index contributed by atoms with van der Waals surface area (Å²) in [4.78, 5) is 1.37. The van der Waals surface area contributed by atoms with Gasteiger partial charge >= 0.3 is 0 Å². The van der Waals surface area contributed by atoms with E-state index < -0.39 is 0 Å². The maximum absolute atomic E-state index is 6.05. The van der Waals surface area contributed by atoms with Crippen LogP contribution in [0.4, 0.5) is 0 Å². The summed E-state index contributed by atoms with van der Waals surface area (Å²) in [6.45, 7) is 3.20. The molecule has 1 aromatic heterocycles. The summed E-state index contributed by atoms with van der Waals surface area (Å²) in [5.41, 5.74) is 2.75. The highest BCUT2D eigenvalue weighted by molar-refractivity contribution is 7.16. The minimum absolute atomic E-state index is 0.533. The van der Waals surface area contributed by atoms with E-state index in [-0.39, 0.29) is 0 Å². The van der Waals surface area contributed by atoms with Crippen molar-refractivity contribution in [2.45, 2.75) is 38.1 Å². The number of rotatable bonds is 6. The zero-order valence-corrected chi connectivity index (χ0v) is 13.3. The number of nitrogens with one attached hydrogen (secondary N) is 1. The molecule has 0 spiro atoms. The highest BCUT2D eigenvalue weighted by Crippen LogP contribution is 2.29. The average Bonchev–Trinajstić information content (AvgIpc) is 3.18. The van der Waals surface area contributed by atoms with Gasteiger partial charge < -0.3 is 5.32 Å². The Balaban J connectivity index is 1.73. The first-order valence-corrected chi connectivity index (χ1v) is 8.44. The molecule has 0 bridgehead atoms. The molecule has 0 saturated heterocycles. The topological polar surface area (TPSA) is 12.0 Å². The van der Waals surface area contributed by atoms with Crippen molar-refractivity contribution >= 4 is 22.9 Å². The lowest BCUT2D eigenvalue weighted by Gasteiger charge is -2.18. The molecule has 1 aliphatic carbocycles. The Morgan fingerprint density at radius 2 is 1.95 bits per heavy atom. The zero-order valence-electron chi connectivity index (χ0n) is 11.7. The average molecular weight is 306 g/mol. The highest BCUT2D eigenvalue weighted by Gasteiger charge is 2.22. The van der Waals surface area contributed by atoms with Crippen LogP contribution in [0.25, 0.3) is 0 Å². The van der Waals surface area contributed by atoms with Gasteiger partial charge in [-0.15, -0.1) is 11.3 Å². The van der Waals surface area contributed by atoms with E-state index in [4.69, 9.17) is 11.6 Å². The first-order valence-electron chi connectivity index (χ1n) is 7.25. The van der Waals surface area contributed by atoms with E-state index in [1.54, 1.807) is 11.3 Å². The lowest BCUT2D eigenvalue weighted by Crippen LogP contribution is -2.24. The van der Waals surface area contributed by atoms with Crippen molar-refractivity contribution in [3.8, 4) is 0 Å². The third kappa shape index (κ3) is 3.85. The van der Waals surface area contributed by atoms with Crippen LogP contribution in [0, 0.1) is 6.92 Å². The van der Waals surface area contributed by atoms with Gasteiger partial charge in [0.05, 0.1) is 4.34 Å². The van der Waals surface area contributed by atoms with Crippen LogP contribution in [0.2, 0.25) is 4.34 Å². The first-order chi connectivity index (χ1) is 9.70. The highest BCUT2D eigenvalue weighted by atomic mass is 35.5. The van der Waals surface area contributed by atoms with E-state index in [2.05, 4.69) is 42.6 Å². The van der Waals surface area contributed by atoms with Crippen LogP contribution in [-0.2, 0) is 6.42 Å². The van der Waals surface area contributed by atoms with Gasteiger partial charge in [0.25, 0.3) is 0 Å². The van der Waals surface area contributed by atoms with Crippen molar-refractivity contribution in [3.05, 3.63) is 56.7 Å². The van der Waals surface area contributed by atoms with E-state index in [1.807, 2.05) is 6.07 Å². The third-order valence-electron chi connectivity index (χ3n) is 3.86. The Kier molecular flexibility index (Phi) is 4.45. The first kappa shape index (κ1) is 14.1. The van der Waals surface area contributed by atoms with Crippen LogP contribution >= 0.6 is 22.9 Å². The molecule has 0 aliphatic heterocycles. The molecule has 1 unspecified atom stereocenters.